The van der Waals surface area contributed by atoms with Gasteiger partial charge in [-0.25, -0.2) is 0 Å². The van der Waals surface area contributed by atoms with Gasteiger partial charge in [-0.3, -0.25) is 4.79 Å². The van der Waals surface area contributed by atoms with Crippen LogP contribution in [0.1, 0.15) is 16.9 Å². The minimum atomic E-state index is -0.224. The fourth-order valence-corrected chi connectivity index (χ4v) is 1.97. The van der Waals surface area contributed by atoms with Gasteiger partial charge in [0.25, 0.3) is 5.91 Å². The molecule has 0 aliphatic heterocycles. The topological polar surface area (TPSA) is 55.1 Å². The fraction of sp³-hybridized carbons (Fsp3) is 0.167. The lowest BCUT2D eigenvalue weighted by molar-refractivity contribution is 0.0945. The smallest absolute Gasteiger partial charge is 0.273 e. The van der Waals surface area contributed by atoms with E-state index in [1.165, 1.54) is 0 Å². The molecule has 0 radical (unpaired) electrons. The normalized spacial score (nSPS) is 10.1. The predicted octanol–water partition coefficient (Wildman–Crippen LogP) is 2.71. The summed E-state index contributed by atoms with van der Waals surface area (Å²) < 4.78 is 5.12. The van der Waals surface area contributed by atoms with Gasteiger partial charge >= 0.3 is 0 Å². The zero-order valence-electron chi connectivity index (χ0n) is 9.18. The molecule has 0 aliphatic rings. The van der Waals surface area contributed by atoms with Crippen molar-refractivity contribution < 1.29 is 9.32 Å². The molecule has 0 saturated heterocycles. The number of nitrogens with one attached hydrogen (secondary N) is 1. The average Bonchev–Trinajstić information content (AvgIpc) is 3.00. The van der Waals surface area contributed by atoms with Crippen LogP contribution in [0.4, 0.5) is 0 Å². The van der Waals surface area contributed by atoms with Crippen LogP contribution in [0.5, 0.6) is 0 Å². The summed E-state index contributed by atoms with van der Waals surface area (Å²) in [5, 5.41) is 8.42. The van der Waals surface area contributed by atoms with Gasteiger partial charge in [0.15, 0.2) is 11.5 Å². The molecular formula is C12H12N2O2S. The highest BCUT2D eigenvalue weighted by Gasteiger charge is 2.13. The third kappa shape index (κ3) is 2.82. The molecule has 0 bridgehead atoms. The van der Waals surface area contributed by atoms with E-state index in [-0.39, 0.29) is 5.91 Å². The molecule has 88 valence electrons. The van der Waals surface area contributed by atoms with Crippen molar-refractivity contribution in [2.24, 2.45) is 0 Å². The van der Waals surface area contributed by atoms with Gasteiger partial charge in [-0.1, -0.05) is 17.3 Å². The lowest BCUT2D eigenvalue weighted by atomic mass is 10.3. The molecule has 2 aromatic heterocycles. The summed E-state index contributed by atoms with van der Waals surface area (Å²) in [6, 6.07) is 5.49. The number of thiophene rings is 1. The number of hydrogen-bond acceptors (Lipinski definition) is 4. The second-order valence-electron chi connectivity index (χ2n) is 3.39. The number of rotatable bonds is 5. The van der Waals surface area contributed by atoms with E-state index in [4.69, 9.17) is 4.52 Å². The molecule has 1 N–H and O–H groups in total. The summed E-state index contributed by atoms with van der Waals surface area (Å²) in [6.45, 7) is 4.14. The Morgan fingerprint density at radius 2 is 2.53 bits per heavy atom. The molecule has 17 heavy (non-hydrogen) atoms. The van der Waals surface area contributed by atoms with E-state index < -0.39 is 0 Å². The molecule has 0 fully saturated rings. The van der Waals surface area contributed by atoms with Crippen LogP contribution in [0.15, 0.2) is 40.8 Å². The van der Waals surface area contributed by atoms with Crippen molar-refractivity contribution in [3.63, 3.8) is 0 Å². The lowest BCUT2D eigenvalue weighted by Crippen LogP contribution is -2.24. The fourth-order valence-electron chi connectivity index (χ4n) is 1.30. The van der Waals surface area contributed by atoms with Crippen LogP contribution in [0.3, 0.4) is 0 Å². The van der Waals surface area contributed by atoms with Crippen molar-refractivity contribution in [2.45, 2.75) is 6.42 Å². The molecule has 0 atom stereocenters. The molecular weight excluding hydrogens is 236 g/mol. The molecule has 5 heteroatoms. The van der Waals surface area contributed by atoms with Crippen molar-refractivity contribution in [2.75, 3.05) is 6.54 Å². The van der Waals surface area contributed by atoms with Crippen molar-refractivity contribution in [1.82, 2.24) is 10.5 Å². The lowest BCUT2D eigenvalue weighted by Gasteiger charge is -1.97. The summed E-state index contributed by atoms with van der Waals surface area (Å²) >= 11 is 1.54. The van der Waals surface area contributed by atoms with Gasteiger partial charge in [0.2, 0.25) is 0 Å². The van der Waals surface area contributed by atoms with E-state index in [1.807, 2.05) is 17.5 Å². The Kier molecular flexibility index (Phi) is 3.72. The molecule has 2 heterocycles. The first-order valence-electron chi connectivity index (χ1n) is 5.21. The Balaban J connectivity index is 2.03. The molecule has 0 aliphatic carbocycles. The largest absolute Gasteiger partial charge is 0.355 e. The number of carbonyl (C=O) groups is 1. The molecule has 0 spiro atoms. The molecule has 0 saturated carbocycles. The van der Waals surface area contributed by atoms with Crippen LogP contribution >= 0.6 is 11.3 Å². The highest BCUT2D eigenvalue weighted by molar-refractivity contribution is 7.13. The zero-order valence-corrected chi connectivity index (χ0v) is 10.00. The quantitative estimate of drug-likeness (QED) is 0.653. The SMILES string of the molecule is C=CCCNC(=O)c1cc(-c2cccs2)on1. The average molecular weight is 248 g/mol. The Morgan fingerprint density at radius 3 is 3.24 bits per heavy atom. The van der Waals surface area contributed by atoms with E-state index in [0.717, 1.165) is 11.3 Å². The highest BCUT2D eigenvalue weighted by Crippen LogP contribution is 2.24. The second kappa shape index (κ2) is 5.45. The summed E-state index contributed by atoms with van der Waals surface area (Å²) in [5.41, 5.74) is 0.303. The number of aromatic nitrogens is 1. The van der Waals surface area contributed by atoms with Crippen LogP contribution in [-0.2, 0) is 0 Å². The van der Waals surface area contributed by atoms with E-state index in [1.54, 1.807) is 23.5 Å². The maximum atomic E-state index is 11.6. The van der Waals surface area contributed by atoms with E-state index >= 15 is 0 Å². The summed E-state index contributed by atoms with van der Waals surface area (Å²) in [4.78, 5) is 12.6. The maximum Gasteiger partial charge on any atom is 0.273 e. The second-order valence-corrected chi connectivity index (χ2v) is 4.33. The van der Waals surface area contributed by atoms with Crippen LogP contribution in [0, 0.1) is 0 Å². The molecule has 1 amide bonds. The van der Waals surface area contributed by atoms with E-state index in [2.05, 4.69) is 17.1 Å². The van der Waals surface area contributed by atoms with Crippen molar-refractivity contribution in [3.8, 4) is 10.6 Å². The molecule has 4 nitrogen and oxygen atoms in total. The van der Waals surface area contributed by atoms with Crippen molar-refractivity contribution in [3.05, 3.63) is 41.9 Å². The van der Waals surface area contributed by atoms with Gasteiger partial charge in [0.1, 0.15) is 0 Å². The van der Waals surface area contributed by atoms with Gasteiger partial charge in [-0.2, -0.15) is 0 Å². The van der Waals surface area contributed by atoms with Gasteiger partial charge in [0.05, 0.1) is 4.88 Å². The first kappa shape index (κ1) is 11.6. The van der Waals surface area contributed by atoms with Gasteiger partial charge in [-0.15, -0.1) is 17.9 Å². The molecule has 2 aromatic rings. The van der Waals surface area contributed by atoms with Crippen molar-refractivity contribution in [1.29, 1.82) is 0 Å². The van der Waals surface area contributed by atoms with Crippen LogP contribution in [0.25, 0.3) is 10.6 Å². The van der Waals surface area contributed by atoms with Crippen LogP contribution < -0.4 is 5.32 Å². The molecule has 0 unspecified atom stereocenters. The van der Waals surface area contributed by atoms with Gasteiger partial charge in [0, 0.05) is 12.6 Å². The Hall–Kier alpha value is -1.88. The minimum Gasteiger partial charge on any atom is -0.355 e. The highest BCUT2D eigenvalue weighted by atomic mass is 32.1. The maximum absolute atomic E-state index is 11.6. The molecule has 0 aromatic carbocycles. The summed E-state index contributed by atoms with van der Waals surface area (Å²) in [5.74, 6) is 0.396. The number of nitrogens with zero attached hydrogens (tertiary/aromatic N) is 1. The van der Waals surface area contributed by atoms with Gasteiger partial charge < -0.3 is 9.84 Å². The third-order valence-electron chi connectivity index (χ3n) is 2.14. The number of hydrogen-bond donors (Lipinski definition) is 1. The summed E-state index contributed by atoms with van der Waals surface area (Å²) in [6.07, 6.45) is 2.49. The first-order chi connectivity index (χ1) is 8.31. The Morgan fingerprint density at radius 1 is 1.65 bits per heavy atom. The number of carbonyl (C=O) groups excluding carboxylic acids is 1. The van der Waals surface area contributed by atoms with Crippen molar-refractivity contribution >= 4 is 17.2 Å². The molecule has 2 rings (SSSR count). The number of amides is 1. The van der Waals surface area contributed by atoms with E-state index in [9.17, 15) is 4.79 Å². The monoisotopic (exact) mass is 248 g/mol. The Labute approximate surface area is 103 Å². The minimum absolute atomic E-state index is 0.224. The first-order valence-corrected chi connectivity index (χ1v) is 6.09. The standard InChI is InChI=1S/C12H12N2O2S/c1-2-3-6-13-12(15)9-8-10(16-14-9)11-5-4-7-17-11/h2,4-5,7-8H,1,3,6H2,(H,13,15). The third-order valence-corrected chi connectivity index (χ3v) is 3.03. The summed E-state index contributed by atoms with van der Waals surface area (Å²) in [7, 11) is 0. The van der Waals surface area contributed by atoms with Gasteiger partial charge in [-0.05, 0) is 17.9 Å². The Bertz CT molecular complexity index is 502. The van der Waals surface area contributed by atoms with Crippen LogP contribution in [-0.4, -0.2) is 17.6 Å². The van der Waals surface area contributed by atoms with Crippen LogP contribution in [0.2, 0.25) is 0 Å². The zero-order chi connectivity index (χ0) is 12.1. The van der Waals surface area contributed by atoms with E-state index in [0.29, 0.717) is 18.0 Å². The predicted molar refractivity (Wildman–Crippen MR) is 67.0 cm³/mol.